The molecule has 0 amide bonds. The predicted molar refractivity (Wildman–Crippen MR) is 49.9 cm³/mol. The molecule has 0 radical (unpaired) electrons. The minimum atomic E-state index is -5.44. The Bertz CT molecular complexity index is 522. The van der Waals surface area contributed by atoms with Gasteiger partial charge in [-0.25, -0.2) is 8.42 Å². The molecule has 0 heterocycles. The van der Waals surface area contributed by atoms with Gasteiger partial charge in [-0.3, -0.25) is 4.79 Å². The van der Waals surface area contributed by atoms with Crippen molar-refractivity contribution in [3.63, 3.8) is 0 Å². The number of sulfone groups is 1. The molecule has 0 aliphatic heterocycles. The molecule has 0 aliphatic rings. The number of carbonyl (C=O) groups excluding carboxylic acids is 1. The van der Waals surface area contributed by atoms with E-state index in [4.69, 9.17) is 11.6 Å². The molecular formula is C8H4ClF3O3S. The molecule has 0 saturated carbocycles. The summed E-state index contributed by atoms with van der Waals surface area (Å²) in [7, 11) is -5.44. The maximum Gasteiger partial charge on any atom is 0.501 e. The van der Waals surface area contributed by atoms with E-state index in [0.29, 0.717) is 6.07 Å². The van der Waals surface area contributed by atoms with Gasteiger partial charge in [0.1, 0.15) is 0 Å². The molecule has 0 N–H and O–H groups in total. The molecule has 88 valence electrons. The van der Waals surface area contributed by atoms with Crippen LogP contribution in [0.3, 0.4) is 0 Å². The number of rotatable bonds is 2. The summed E-state index contributed by atoms with van der Waals surface area (Å²) in [5, 5.41) is -1.03. The first-order valence-corrected chi connectivity index (χ1v) is 5.63. The van der Waals surface area contributed by atoms with Gasteiger partial charge in [-0.05, 0) is 23.7 Å². The molecule has 1 aromatic carbocycles. The summed E-state index contributed by atoms with van der Waals surface area (Å²) in [6.07, 6.45) is 0. The van der Waals surface area contributed by atoms with E-state index in [1.54, 1.807) is 0 Å². The van der Waals surface area contributed by atoms with Gasteiger partial charge in [-0.2, -0.15) is 13.2 Å². The van der Waals surface area contributed by atoms with Crippen LogP contribution in [0.2, 0.25) is 0 Å². The highest BCUT2D eigenvalue weighted by molar-refractivity contribution is 7.92. The van der Waals surface area contributed by atoms with Crippen LogP contribution in [0.1, 0.15) is 10.4 Å². The topological polar surface area (TPSA) is 51.2 Å². The van der Waals surface area contributed by atoms with Crippen LogP contribution >= 0.6 is 11.6 Å². The average Bonchev–Trinajstić information content (AvgIpc) is 2.16. The minimum absolute atomic E-state index is 0.313. The molecule has 0 saturated heterocycles. The largest absolute Gasteiger partial charge is 0.501 e. The number of hydrogen-bond acceptors (Lipinski definition) is 3. The highest BCUT2D eigenvalue weighted by atomic mass is 35.5. The van der Waals surface area contributed by atoms with Crippen LogP contribution in [0, 0.1) is 0 Å². The number of hydrogen-bond donors (Lipinski definition) is 0. The van der Waals surface area contributed by atoms with E-state index in [1.807, 2.05) is 0 Å². The number of alkyl halides is 3. The van der Waals surface area contributed by atoms with Crippen molar-refractivity contribution in [1.29, 1.82) is 0 Å². The maximum atomic E-state index is 12.1. The molecule has 0 atom stereocenters. The average molecular weight is 273 g/mol. The lowest BCUT2D eigenvalue weighted by Gasteiger charge is -2.08. The molecule has 1 rings (SSSR count). The van der Waals surface area contributed by atoms with Gasteiger partial charge in [0, 0.05) is 5.56 Å². The van der Waals surface area contributed by atoms with Crippen LogP contribution < -0.4 is 0 Å². The van der Waals surface area contributed by atoms with Crippen LogP contribution in [0.15, 0.2) is 29.2 Å². The van der Waals surface area contributed by atoms with Gasteiger partial charge < -0.3 is 0 Å². The Balaban J connectivity index is 3.36. The zero-order valence-electron chi connectivity index (χ0n) is 7.45. The SMILES string of the molecule is O=C(Cl)c1cccc(S(=O)(=O)C(F)(F)F)c1. The van der Waals surface area contributed by atoms with Gasteiger partial charge in [0.2, 0.25) is 0 Å². The van der Waals surface area contributed by atoms with E-state index >= 15 is 0 Å². The third-order valence-corrected chi connectivity index (χ3v) is 3.38. The van der Waals surface area contributed by atoms with Crippen LogP contribution in [-0.4, -0.2) is 19.2 Å². The van der Waals surface area contributed by atoms with Crippen LogP contribution in [0.4, 0.5) is 13.2 Å². The molecular weight excluding hydrogens is 269 g/mol. The highest BCUT2D eigenvalue weighted by Crippen LogP contribution is 2.30. The first-order chi connectivity index (χ1) is 7.16. The van der Waals surface area contributed by atoms with Gasteiger partial charge in [-0.15, -0.1) is 0 Å². The van der Waals surface area contributed by atoms with Crippen molar-refractivity contribution in [2.24, 2.45) is 0 Å². The zero-order valence-corrected chi connectivity index (χ0v) is 9.03. The third kappa shape index (κ3) is 2.35. The summed E-state index contributed by atoms with van der Waals surface area (Å²) < 4.78 is 58.3. The van der Waals surface area contributed by atoms with Crippen LogP contribution in [0.5, 0.6) is 0 Å². The Hall–Kier alpha value is -1.08. The smallest absolute Gasteiger partial charge is 0.276 e. The summed E-state index contributed by atoms with van der Waals surface area (Å²) in [5.74, 6) is 0. The lowest BCUT2D eigenvalue weighted by molar-refractivity contribution is -0.0436. The Morgan fingerprint density at radius 2 is 1.81 bits per heavy atom. The summed E-state index contributed by atoms with van der Waals surface area (Å²) in [6, 6.07) is 3.45. The van der Waals surface area contributed by atoms with Gasteiger partial charge in [0.05, 0.1) is 4.90 Å². The summed E-state index contributed by atoms with van der Waals surface area (Å²) in [4.78, 5) is 9.66. The second kappa shape index (κ2) is 4.06. The lowest BCUT2D eigenvalue weighted by atomic mass is 10.2. The zero-order chi connectivity index (χ0) is 12.6. The highest BCUT2D eigenvalue weighted by Gasteiger charge is 2.46. The van der Waals surface area contributed by atoms with E-state index in [2.05, 4.69) is 0 Å². The third-order valence-electron chi connectivity index (χ3n) is 1.68. The van der Waals surface area contributed by atoms with Crippen molar-refractivity contribution in [3.8, 4) is 0 Å². The van der Waals surface area contributed by atoms with E-state index < -0.39 is 25.5 Å². The fraction of sp³-hybridized carbons (Fsp3) is 0.125. The molecule has 0 aliphatic carbocycles. The van der Waals surface area contributed by atoms with Crippen molar-refractivity contribution in [3.05, 3.63) is 29.8 Å². The van der Waals surface area contributed by atoms with Crippen molar-refractivity contribution in [2.75, 3.05) is 0 Å². The monoisotopic (exact) mass is 272 g/mol. The number of halogens is 4. The van der Waals surface area contributed by atoms with Crippen molar-refractivity contribution in [1.82, 2.24) is 0 Å². The van der Waals surface area contributed by atoms with Gasteiger partial charge in [0.25, 0.3) is 15.1 Å². The van der Waals surface area contributed by atoms with Crippen molar-refractivity contribution >= 4 is 26.7 Å². The molecule has 0 fully saturated rings. The molecule has 8 heteroatoms. The molecule has 0 bridgehead atoms. The van der Waals surface area contributed by atoms with Crippen molar-refractivity contribution < 1.29 is 26.4 Å². The summed E-state index contributed by atoms with van der Waals surface area (Å²) in [6.45, 7) is 0. The molecule has 16 heavy (non-hydrogen) atoms. The standard InChI is InChI=1S/C8H4ClF3O3S/c9-7(13)5-2-1-3-6(4-5)16(14,15)8(10,11)12/h1-4H. The molecule has 1 aromatic rings. The normalized spacial score (nSPS) is 12.5. The van der Waals surface area contributed by atoms with E-state index in [0.717, 1.165) is 18.2 Å². The minimum Gasteiger partial charge on any atom is -0.276 e. The summed E-state index contributed by atoms with van der Waals surface area (Å²) >= 11 is 5.02. The van der Waals surface area contributed by atoms with Gasteiger partial charge in [0.15, 0.2) is 0 Å². The molecule has 0 spiro atoms. The Labute approximate surface area is 93.7 Å². The number of carbonyl (C=O) groups is 1. The van der Waals surface area contributed by atoms with Crippen LogP contribution in [-0.2, 0) is 9.84 Å². The molecule has 0 aromatic heterocycles. The van der Waals surface area contributed by atoms with E-state index in [9.17, 15) is 26.4 Å². The van der Waals surface area contributed by atoms with Gasteiger partial charge >= 0.3 is 5.51 Å². The predicted octanol–water partition coefficient (Wildman–Crippen LogP) is 2.36. The lowest BCUT2D eigenvalue weighted by Crippen LogP contribution is -2.23. The first kappa shape index (κ1) is 13.0. The van der Waals surface area contributed by atoms with Crippen molar-refractivity contribution in [2.45, 2.75) is 10.4 Å². The van der Waals surface area contributed by atoms with E-state index in [-0.39, 0.29) is 5.56 Å². The second-order valence-electron chi connectivity index (χ2n) is 2.75. The fourth-order valence-electron chi connectivity index (χ4n) is 0.919. The Morgan fingerprint density at radius 1 is 1.25 bits per heavy atom. The quantitative estimate of drug-likeness (QED) is 0.777. The van der Waals surface area contributed by atoms with E-state index in [1.165, 1.54) is 0 Å². The van der Waals surface area contributed by atoms with Crippen LogP contribution in [0.25, 0.3) is 0 Å². The van der Waals surface area contributed by atoms with Gasteiger partial charge in [-0.1, -0.05) is 12.1 Å². The number of benzene rings is 1. The summed E-state index contributed by atoms with van der Waals surface area (Å²) in [5.41, 5.74) is -5.71. The first-order valence-electron chi connectivity index (χ1n) is 3.77. The Morgan fingerprint density at radius 3 is 2.25 bits per heavy atom. The fourth-order valence-corrected chi connectivity index (χ4v) is 1.84. The second-order valence-corrected chi connectivity index (χ2v) is 5.04. The maximum absolute atomic E-state index is 12.1. The molecule has 3 nitrogen and oxygen atoms in total. The molecule has 0 unspecified atom stereocenters. The Kier molecular flexibility index (Phi) is 3.30.